The zero-order chi connectivity index (χ0) is 25.8. The van der Waals surface area contributed by atoms with E-state index in [4.69, 9.17) is 26.1 Å². The molecule has 37 heavy (non-hydrogen) atoms. The van der Waals surface area contributed by atoms with E-state index in [0.717, 1.165) is 37.4 Å². The molecule has 1 aromatic heterocycles. The first-order chi connectivity index (χ1) is 18.0. The molecule has 0 radical (unpaired) electrons. The van der Waals surface area contributed by atoms with Gasteiger partial charge in [-0.2, -0.15) is 0 Å². The van der Waals surface area contributed by atoms with Gasteiger partial charge >= 0.3 is 0 Å². The minimum atomic E-state index is 0.365. The fourth-order valence-electron chi connectivity index (χ4n) is 3.95. The molecule has 0 saturated heterocycles. The molecular weight excluding hydrogens is 568 g/mol. The van der Waals surface area contributed by atoms with Crippen LogP contribution in [0.4, 0.5) is 5.69 Å². The Morgan fingerprint density at radius 2 is 1.70 bits per heavy atom. The quantitative estimate of drug-likeness (QED) is 0.185. The van der Waals surface area contributed by atoms with E-state index in [1.54, 1.807) is 11.3 Å². The summed E-state index contributed by atoms with van der Waals surface area (Å²) in [6.45, 7) is 5.61. The summed E-state index contributed by atoms with van der Waals surface area (Å²) in [4.78, 5) is 4.79. The van der Waals surface area contributed by atoms with Crippen molar-refractivity contribution in [2.45, 2.75) is 27.0 Å². The lowest BCUT2D eigenvalue weighted by Crippen LogP contribution is -2.04. The molecule has 188 valence electrons. The number of hydrogen-bond acceptors (Lipinski definition) is 5. The zero-order valence-corrected chi connectivity index (χ0v) is 23.7. The maximum atomic E-state index is 6.28. The van der Waals surface area contributed by atoms with Gasteiger partial charge in [-0.25, -0.2) is 4.98 Å². The van der Waals surface area contributed by atoms with Gasteiger partial charge in [0.1, 0.15) is 11.6 Å². The van der Waals surface area contributed by atoms with E-state index in [-0.39, 0.29) is 0 Å². The van der Waals surface area contributed by atoms with Crippen molar-refractivity contribution in [1.29, 1.82) is 0 Å². The molecule has 4 nitrogen and oxygen atoms in total. The van der Waals surface area contributed by atoms with Crippen LogP contribution in [0, 0.1) is 6.92 Å². The highest BCUT2D eigenvalue weighted by molar-refractivity contribution is 9.10. The largest absolute Gasteiger partial charge is 0.490 e. The first-order valence-corrected chi connectivity index (χ1v) is 14.0. The lowest BCUT2D eigenvalue weighted by Gasteiger charge is -2.16. The molecule has 0 spiro atoms. The minimum absolute atomic E-state index is 0.365. The number of anilines is 1. The first kappa shape index (κ1) is 25.6. The molecule has 5 rings (SSSR count). The fraction of sp³-hybridized carbons (Fsp3) is 0.167. The summed E-state index contributed by atoms with van der Waals surface area (Å²) in [7, 11) is 0. The first-order valence-electron chi connectivity index (χ1n) is 12.0. The lowest BCUT2D eigenvalue weighted by atomic mass is 10.1. The Labute approximate surface area is 234 Å². The molecule has 0 aliphatic rings. The van der Waals surface area contributed by atoms with Gasteiger partial charge in [0.15, 0.2) is 11.5 Å². The van der Waals surface area contributed by atoms with E-state index in [0.29, 0.717) is 36.3 Å². The minimum Gasteiger partial charge on any atom is -0.490 e. The third-order valence-corrected chi connectivity index (χ3v) is 8.09. The van der Waals surface area contributed by atoms with Crippen molar-refractivity contribution in [2.75, 3.05) is 11.9 Å². The number of nitrogens with one attached hydrogen (secondary N) is 1. The summed E-state index contributed by atoms with van der Waals surface area (Å²) < 4.78 is 14.1. The van der Waals surface area contributed by atoms with Gasteiger partial charge in [0, 0.05) is 32.9 Å². The number of ether oxygens (including phenoxy) is 2. The molecule has 0 aliphatic heterocycles. The third-order valence-electron chi connectivity index (χ3n) is 5.91. The summed E-state index contributed by atoms with van der Waals surface area (Å²) in [5, 5.41) is 5.22. The predicted molar refractivity (Wildman–Crippen MR) is 158 cm³/mol. The highest BCUT2D eigenvalue weighted by Gasteiger charge is 2.13. The molecule has 0 saturated carbocycles. The van der Waals surface area contributed by atoms with Crippen LogP contribution in [0.15, 0.2) is 83.3 Å². The van der Waals surface area contributed by atoms with Crippen molar-refractivity contribution < 1.29 is 9.47 Å². The third kappa shape index (κ3) is 6.09. The van der Waals surface area contributed by atoms with Gasteiger partial charge in [0.25, 0.3) is 0 Å². The molecule has 1 N–H and O–H groups in total. The summed E-state index contributed by atoms with van der Waals surface area (Å²) >= 11 is 11.7. The molecule has 7 heteroatoms. The van der Waals surface area contributed by atoms with Crippen LogP contribution in [0.3, 0.4) is 0 Å². The van der Waals surface area contributed by atoms with Crippen LogP contribution in [-0.2, 0) is 13.2 Å². The van der Waals surface area contributed by atoms with E-state index in [1.807, 2.05) is 43.3 Å². The van der Waals surface area contributed by atoms with Gasteiger partial charge in [0.2, 0.25) is 0 Å². The van der Waals surface area contributed by atoms with Crippen LogP contribution in [0.2, 0.25) is 5.02 Å². The Hall–Kier alpha value is -3.06. The highest BCUT2D eigenvalue weighted by atomic mass is 79.9. The number of thiazole rings is 1. The Morgan fingerprint density at radius 3 is 2.49 bits per heavy atom. The number of aromatic nitrogens is 1. The lowest BCUT2D eigenvalue weighted by molar-refractivity contribution is 0.269. The molecular formula is C30H26BrClN2O2S. The summed E-state index contributed by atoms with van der Waals surface area (Å²) in [5.74, 6) is 1.38. The zero-order valence-electron chi connectivity index (χ0n) is 20.6. The van der Waals surface area contributed by atoms with Crippen molar-refractivity contribution in [2.24, 2.45) is 0 Å². The van der Waals surface area contributed by atoms with E-state index in [1.165, 1.54) is 10.3 Å². The monoisotopic (exact) mass is 592 g/mol. The van der Waals surface area contributed by atoms with Gasteiger partial charge in [-0.05, 0) is 79.6 Å². The molecule has 0 bridgehead atoms. The number of halogens is 2. The number of benzene rings is 4. The van der Waals surface area contributed by atoms with Crippen LogP contribution in [0.5, 0.6) is 11.5 Å². The van der Waals surface area contributed by atoms with E-state index in [2.05, 4.69) is 70.6 Å². The number of fused-ring (bicyclic) bond motifs is 1. The van der Waals surface area contributed by atoms with Crippen LogP contribution in [0.25, 0.3) is 20.8 Å². The van der Waals surface area contributed by atoms with E-state index < -0.39 is 0 Å². The highest BCUT2D eigenvalue weighted by Crippen LogP contribution is 2.36. The SMILES string of the molecule is CCOc1cc(CNc2ccc(-c3nc4ccc(C)cc4s3)cc2)c(Br)cc1OCc1ccccc1Cl. The Balaban J connectivity index is 1.27. The van der Waals surface area contributed by atoms with Crippen molar-refractivity contribution in [3.63, 3.8) is 0 Å². The maximum Gasteiger partial charge on any atom is 0.162 e. The van der Waals surface area contributed by atoms with Gasteiger partial charge in [0.05, 0.1) is 16.8 Å². The number of hydrogen-bond donors (Lipinski definition) is 1. The molecule has 4 aromatic carbocycles. The second-order valence-corrected chi connectivity index (χ2v) is 10.9. The second-order valence-electron chi connectivity index (χ2n) is 8.62. The van der Waals surface area contributed by atoms with Crippen molar-refractivity contribution in [3.8, 4) is 22.1 Å². The van der Waals surface area contributed by atoms with Gasteiger partial charge in [-0.1, -0.05) is 51.8 Å². The second kappa shape index (κ2) is 11.5. The Bertz CT molecular complexity index is 1540. The number of aryl methyl sites for hydroxylation is 1. The maximum absolute atomic E-state index is 6.28. The average molecular weight is 594 g/mol. The van der Waals surface area contributed by atoms with Crippen LogP contribution in [0.1, 0.15) is 23.6 Å². The summed E-state index contributed by atoms with van der Waals surface area (Å²) in [5.41, 5.74) is 6.44. The van der Waals surface area contributed by atoms with Gasteiger partial charge in [-0.15, -0.1) is 11.3 Å². The molecule has 0 unspecified atom stereocenters. The van der Waals surface area contributed by atoms with Crippen molar-refractivity contribution >= 4 is 54.8 Å². The summed E-state index contributed by atoms with van der Waals surface area (Å²) in [6, 6.07) is 26.4. The predicted octanol–water partition coefficient (Wildman–Crippen LogP) is 9.28. The van der Waals surface area contributed by atoms with Crippen molar-refractivity contribution in [1.82, 2.24) is 4.98 Å². The van der Waals surface area contributed by atoms with Gasteiger partial charge in [-0.3, -0.25) is 0 Å². The molecule has 0 fully saturated rings. The molecule has 0 atom stereocenters. The Kier molecular flexibility index (Phi) is 7.99. The van der Waals surface area contributed by atoms with Crippen LogP contribution >= 0.6 is 38.9 Å². The van der Waals surface area contributed by atoms with Gasteiger partial charge < -0.3 is 14.8 Å². The van der Waals surface area contributed by atoms with Crippen LogP contribution in [-0.4, -0.2) is 11.6 Å². The molecule has 5 aromatic rings. The fourth-order valence-corrected chi connectivity index (χ4v) is 5.67. The average Bonchev–Trinajstić information content (AvgIpc) is 3.32. The topological polar surface area (TPSA) is 43.4 Å². The number of rotatable bonds is 9. The standard InChI is InChI=1S/C30H26BrClN2O2S/c1-3-35-27-15-22(24(31)16-28(27)36-18-21-6-4-5-7-25(21)32)17-33-23-11-9-20(10-12-23)30-34-26-13-8-19(2)14-29(26)37-30/h4-16,33H,3,17-18H2,1-2H3. The normalized spacial score (nSPS) is 11.0. The Morgan fingerprint density at radius 1 is 0.919 bits per heavy atom. The number of nitrogens with zero attached hydrogens (tertiary/aromatic N) is 1. The van der Waals surface area contributed by atoms with E-state index in [9.17, 15) is 0 Å². The summed E-state index contributed by atoms with van der Waals surface area (Å²) in [6.07, 6.45) is 0. The smallest absolute Gasteiger partial charge is 0.162 e. The molecule has 1 heterocycles. The van der Waals surface area contributed by atoms with Crippen LogP contribution < -0.4 is 14.8 Å². The van der Waals surface area contributed by atoms with Crippen molar-refractivity contribution in [3.05, 3.63) is 105 Å². The molecule has 0 aliphatic carbocycles. The molecule has 0 amide bonds. The van der Waals surface area contributed by atoms with E-state index >= 15 is 0 Å².